The van der Waals surface area contributed by atoms with Gasteiger partial charge < -0.3 is 14.7 Å². The maximum absolute atomic E-state index is 13.3. The molecule has 31 heavy (non-hydrogen) atoms. The third kappa shape index (κ3) is 4.15. The van der Waals surface area contributed by atoms with Crippen molar-refractivity contribution in [3.63, 3.8) is 0 Å². The number of rotatable bonds is 7. The van der Waals surface area contributed by atoms with Crippen LogP contribution >= 0.6 is 23.2 Å². The van der Waals surface area contributed by atoms with Crippen LogP contribution in [0.25, 0.3) is 11.3 Å². The van der Waals surface area contributed by atoms with Crippen molar-refractivity contribution in [1.82, 2.24) is 15.1 Å². The lowest BCUT2D eigenvalue weighted by Gasteiger charge is -2.27. The molecule has 0 saturated carbocycles. The summed E-state index contributed by atoms with van der Waals surface area (Å²) in [6.45, 7) is 5.01. The minimum Gasteiger partial charge on any atom is -0.507 e. The molecule has 1 aliphatic rings. The Morgan fingerprint density at radius 1 is 1.19 bits per heavy atom. The number of nitrogens with zero attached hydrogens (tertiary/aromatic N) is 2. The number of phenols is 1. The fourth-order valence-corrected chi connectivity index (χ4v) is 4.20. The van der Waals surface area contributed by atoms with Gasteiger partial charge in [0.15, 0.2) is 0 Å². The quantitative estimate of drug-likeness (QED) is 0.460. The van der Waals surface area contributed by atoms with Crippen LogP contribution in [0, 0.1) is 0 Å². The standard InChI is InChI=1S/C23H23Cl2N3O3/c1-13(2)31-11-5-10-28-22(14-8-9-16(24)17(25)12-14)19-20(26-27-21(19)23(28)30)15-6-3-4-7-18(15)29/h3-4,6-9,12-13,22,29H,5,10-11H2,1-2H3,(H,26,27)/t22-/m0/s1. The van der Waals surface area contributed by atoms with Gasteiger partial charge in [0.25, 0.3) is 5.91 Å². The lowest BCUT2D eigenvalue weighted by atomic mass is 9.95. The van der Waals surface area contributed by atoms with E-state index in [9.17, 15) is 9.90 Å². The smallest absolute Gasteiger partial charge is 0.273 e. The minimum absolute atomic E-state index is 0.0981. The van der Waals surface area contributed by atoms with Gasteiger partial charge in [-0.05, 0) is 50.1 Å². The summed E-state index contributed by atoms with van der Waals surface area (Å²) in [7, 11) is 0. The summed E-state index contributed by atoms with van der Waals surface area (Å²) < 4.78 is 5.65. The number of benzene rings is 2. The van der Waals surface area contributed by atoms with E-state index in [1.165, 1.54) is 0 Å². The number of aromatic nitrogens is 2. The van der Waals surface area contributed by atoms with Gasteiger partial charge in [0.2, 0.25) is 0 Å². The highest BCUT2D eigenvalue weighted by atomic mass is 35.5. The molecule has 0 unspecified atom stereocenters. The number of H-pyrrole nitrogens is 1. The average molecular weight is 460 g/mol. The highest BCUT2D eigenvalue weighted by molar-refractivity contribution is 6.42. The molecule has 0 radical (unpaired) electrons. The second kappa shape index (κ2) is 8.91. The fraction of sp³-hybridized carbons (Fsp3) is 0.304. The number of carbonyl (C=O) groups is 1. The second-order valence-corrected chi connectivity index (χ2v) is 8.54. The van der Waals surface area contributed by atoms with Crippen LogP contribution in [0.3, 0.4) is 0 Å². The topological polar surface area (TPSA) is 78.5 Å². The zero-order valence-corrected chi connectivity index (χ0v) is 18.7. The summed E-state index contributed by atoms with van der Waals surface area (Å²) in [4.78, 5) is 15.1. The molecule has 8 heteroatoms. The van der Waals surface area contributed by atoms with E-state index >= 15 is 0 Å². The molecule has 1 aromatic heterocycles. The Bertz CT molecular complexity index is 1110. The van der Waals surface area contributed by atoms with Crippen molar-refractivity contribution in [2.24, 2.45) is 0 Å². The van der Waals surface area contributed by atoms with Gasteiger partial charge >= 0.3 is 0 Å². The molecular formula is C23H23Cl2N3O3. The summed E-state index contributed by atoms with van der Waals surface area (Å²) >= 11 is 12.4. The van der Waals surface area contributed by atoms with E-state index in [4.69, 9.17) is 27.9 Å². The first-order chi connectivity index (χ1) is 14.9. The molecule has 0 spiro atoms. The lowest BCUT2D eigenvalue weighted by Crippen LogP contribution is -2.31. The highest BCUT2D eigenvalue weighted by Gasteiger charge is 2.42. The number of para-hydroxylation sites is 1. The van der Waals surface area contributed by atoms with E-state index in [0.29, 0.717) is 46.6 Å². The summed E-state index contributed by atoms with van der Waals surface area (Å²) in [6, 6.07) is 11.9. The molecule has 2 N–H and O–H groups in total. The number of aromatic amines is 1. The molecule has 6 nitrogen and oxygen atoms in total. The van der Waals surface area contributed by atoms with Crippen LogP contribution in [0.1, 0.15) is 47.9 Å². The second-order valence-electron chi connectivity index (χ2n) is 7.73. The van der Waals surface area contributed by atoms with Crippen molar-refractivity contribution in [2.45, 2.75) is 32.4 Å². The van der Waals surface area contributed by atoms with E-state index in [0.717, 1.165) is 11.1 Å². The van der Waals surface area contributed by atoms with Crippen molar-refractivity contribution in [3.05, 3.63) is 69.3 Å². The van der Waals surface area contributed by atoms with Gasteiger partial charge in [0.1, 0.15) is 17.1 Å². The third-order valence-corrected chi connectivity index (χ3v) is 6.02. The SMILES string of the molecule is CC(C)OCCCN1C(=O)c2[nH]nc(-c3ccccc3O)c2[C@@H]1c1ccc(Cl)c(Cl)c1. The largest absolute Gasteiger partial charge is 0.507 e. The van der Waals surface area contributed by atoms with E-state index in [-0.39, 0.29) is 17.8 Å². The van der Waals surface area contributed by atoms with Crippen molar-refractivity contribution in [2.75, 3.05) is 13.2 Å². The van der Waals surface area contributed by atoms with E-state index in [1.54, 1.807) is 35.2 Å². The molecule has 0 aliphatic carbocycles. The zero-order valence-electron chi connectivity index (χ0n) is 17.2. The van der Waals surface area contributed by atoms with Crippen molar-refractivity contribution in [1.29, 1.82) is 0 Å². The number of carbonyl (C=O) groups excluding carboxylic acids is 1. The van der Waals surface area contributed by atoms with Crippen LogP contribution in [0.5, 0.6) is 5.75 Å². The van der Waals surface area contributed by atoms with Gasteiger partial charge in [0.05, 0.1) is 22.2 Å². The van der Waals surface area contributed by atoms with Gasteiger partial charge in [-0.25, -0.2) is 0 Å². The van der Waals surface area contributed by atoms with Gasteiger partial charge in [0, 0.05) is 24.3 Å². The number of ether oxygens (including phenoxy) is 1. The number of hydrogen-bond acceptors (Lipinski definition) is 4. The normalized spacial score (nSPS) is 15.7. The predicted octanol–water partition coefficient (Wildman–Crippen LogP) is 5.45. The predicted molar refractivity (Wildman–Crippen MR) is 121 cm³/mol. The highest BCUT2D eigenvalue weighted by Crippen LogP contribution is 2.45. The molecule has 2 heterocycles. The molecule has 0 bridgehead atoms. The third-order valence-electron chi connectivity index (χ3n) is 5.28. The molecule has 1 atom stereocenters. The summed E-state index contributed by atoms with van der Waals surface area (Å²) in [5.74, 6) is -0.0503. The van der Waals surface area contributed by atoms with Crippen LogP contribution in [0.2, 0.25) is 10.0 Å². The van der Waals surface area contributed by atoms with Crippen LogP contribution < -0.4 is 0 Å². The minimum atomic E-state index is -0.412. The van der Waals surface area contributed by atoms with Crippen molar-refractivity contribution < 1.29 is 14.6 Å². The summed E-state index contributed by atoms with van der Waals surface area (Å²) in [5, 5.41) is 18.5. The van der Waals surface area contributed by atoms with Crippen LogP contribution in [0.4, 0.5) is 0 Å². The first-order valence-corrected chi connectivity index (χ1v) is 10.9. The van der Waals surface area contributed by atoms with Gasteiger partial charge in [-0.15, -0.1) is 0 Å². The van der Waals surface area contributed by atoms with Crippen LogP contribution in [0.15, 0.2) is 42.5 Å². The van der Waals surface area contributed by atoms with Gasteiger partial charge in [-0.2, -0.15) is 5.10 Å². The Morgan fingerprint density at radius 3 is 2.68 bits per heavy atom. The Labute approximate surface area is 190 Å². The summed E-state index contributed by atoms with van der Waals surface area (Å²) in [6.07, 6.45) is 0.815. The van der Waals surface area contributed by atoms with E-state index < -0.39 is 6.04 Å². The Balaban J connectivity index is 1.77. The Morgan fingerprint density at radius 2 is 1.97 bits per heavy atom. The Hall–Kier alpha value is -2.54. The zero-order chi connectivity index (χ0) is 22.1. The monoisotopic (exact) mass is 459 g/mol. The molecule has 3 aromatic rings. The molecule has 0 saturated heterocycles. The molecule has 2 aromatic carbocycles. The fourth-order valence-electron chi connectivity index (χ4n) is 3.89. The number of nitrogens with one attached hydrogen (secondary N) is 1. The Kier molecular flexibility index (Phi) is 6.23. The van der Waals surface area contributed by atoms with Gasteiger partial charge in [-0.3, -0.25) is 9.89 Å². The molecule has 1 amide bonds. The number of aromatic hydroxyl groups is 1. The number of hydrogen-bond donors (Lipinski definition) is 2. The first kappa shape index (κ1) is 21.7. The molecule has 0 fully saturated rings. The number of phenolic OH excluding ortho intramolecular Hbond substituents is 1. The van der Waals surface area contributed by atoms with E-state index in [2.05, 4.69) is 10.2 Å². The number of halogens is 2. The van der Waals surface area contributed by atoms with Crippen LogP contribution in [-0.2, 0) is 4.74 Å². The summed E-state index contributed by atoms with van der Waals surface area (Å²) in [5.41, 5.74) is 3.06. The van der Waals surface area contributed by atoms with Crippen LogP contribution in [-0.4, -0.2) is 45.4 Å². The van der Waals surface area contributed by atoms with Gasteiger partial charge in [-0.1, -0.05) is 41.4 Å². The van der Waals surface area contributed by atoms with Crippen molar-refractivity contribution in [3.8, 4) is 17.0 Å². The molecule has 1 aliphatic heterocycles. The lowest BCUT2D eigenvalue weighted by molar-refractivity contribution is 0.0601. The maximum atomic E-state index is 13.3. The molecule has 4 rings (SSSR count). The molecular weight excluding hydrogens is 437 g/mol. The van der Waals surface area contributed by atoms with Crippen molar-refractivity contribution >= 4 is 29.1 Å². The maximum Gasteiger partial charge on any atom is 0.273 e. The first-order valence-electron chi connectivity index (χ1n) is 10.1. The number of fused-ring (bicyclic) bond motifs is 1. The number of amides is 1. The average Bonchev–Trinajstić information content (AvgIpc) is 3.27. The molecule has 162 valence electrons. The van der Waals surface area contributed by atoms with E-state index in [1.807, 2.05) is 26.0 Å².